The van der Waals surface area contributed by atoms with Gasteiger partial charge in [0.2, 0.25) is 5.91 Å². The van der Waals surface area contributed by atoms with Crippen LogP contribution in [-0.2, 0) is 14.2 Å². The fourth-order valence-corrected chi connectivity index (χ4v) is 8.40. The quantitative estimate of drug-likeness (QED) is 0.0949. The summed E-state index contributed by atoms with van der Waals surface area (Å²) >= 11 is 3.46. The van der Waals surface area contributed by atoms with Crippen molar-refractivity contribution in [3.63, 3.8) is 0 Å². The van der Waals surface area contributed by atoms with E-state index in [2.05, 4.69) is 71.8 Å². The van der Waals surface area contributed by atoms with Crippen molar-refractivity contribution in [3.8, 4) is 5.75 Å². The van der Waals surface area contributed by atoms with E-state index in [1.807, 2.05) is 24.1 Å². The second-order valence-corrected chi connectivity index (χ2v) is 17.1. The molecule has 1 heterocycles. The Morgan fingerprint density at radius 2 is 1.69 bits per heavy atom. The molecule has 3 aromatic carbocycles. The van der Waals surface area contributed by atoms with E-state index in [0.29, 0.717) is 11.3 Å². The summed E-state index contributed by atoms with van der Waals surface area (Å²) in [5.74, 6) is 0.749. The summed E-state index contributed by atoms with van der Waals surface area (Å²) in [6.07, 6.45) is 9.06. The second-order valence-electron chi connectivity index (χ2n) is 12.7. The third-order valence-electron chi connectivity index (χ3n) is 8.64. The summed E-state index contributed by atoms with van der Waals surface area (Å²) in [7, 11) is -3.28. The number of hydrogen-bond acceptors (Lipinski definition) is 7. The first-order valence-corrected chi connectivity index (χ1v) is 21.3. The van der Waals surface area contributed by atoms with Gasteiger partial charge in [0.05, 0.1) is 10.6 Å². The number of benzene rings is 3. The molecule has 2 unspecified atom stereocenters. The Morgan fingerprint density at radius 3 is 2.29 bits per heavy atom. The highest BCUT2D eigenvalue weighted by atomic mass is 32.2. The van der Waals surface area contributed by atoms with Crippen molar-refractivity contribution in [2.75, 3.05) is 49.4 Å². The molecule has 48 heavy (non-hydrogen) atoms. The number of thioether (sulfide) groups is 2. The molecule has 0 spiro atoms. The molecular weight excluding hydrogens is 662 g/mol. The minimum absolute atomic E-state index is 0.0286. The summed E-state index contributed by atoms with van der Waals surface area (Å²) in [6, 6.07) is 22.8. The zero-order chi connectivity index (χ0) is 34.6. The lowest BCUT2D eigenvalue weighted by Gasteiger charge is -2.37. The van der Waals surface area contributed by atoms with E-state index in [1.165, 1.54) is 50.9 Å². The maximum Gasteiger partial charge on any atom is 0.258 e. The van der Waals surface area contributed by atoms with Crippen molar-refractivity contribution >= 4 is 54.1 Å². The predicted octanol–water partition coefficient (Wildman–Crippen LogP) is 8.27. The van der Waals surface area contributed by atoms with Crippen LogP contribution in [0.4, 0.5) is 11.4 Å². The summed E-state index contributed by atoms with van der Waals surface area (Å²) < 4.78 is 17.9. The number of nitrogens with one attached hydrogen (secondary N) is 2. The zero-order valence-electron chi connectivity index (χ0n) is 28.6. The van der Waals surface area contributed by atoms with E-state index in [-0.39, 0.29) is 24.7 Å². The lowest BCUT2D eigenvalue weighted by molar-refractivity contribution is -0.130. The number of ether oxygens (including phenoxy) is 1. The van der Waals surface area contributed by atoms with E-state index in [0.717, 1.165) is 27.8 Å². The molecule has 4 rings (SSSR count). The molecule has 3 aromatic rings. The summed E-state index contributed by atoms with van der Waals surface area (Å²) in [4.78, 5) is 40.6. The molecule has 0 bridgehead atoms. The third-order valence-corrected chi connectivity index (χ3v) is 11.8. The summed E-state index contributed by atoms with van der Waals surface area (Å²) in [5.41, 5.74) is 3.10. The van der Waals surface area contributed by atoms with E-state index in [9.17, 15) is 19.0 Å². The van der Waals surface area contributed by atoms with Crippen LogP contribution in [0.2, 0.25) is 0 Å². The third kappa shape index (κ3) is 10.8. The Morgan fingerprint density at radius 1 is 1.04 bits per heavy atom. The number of amides is 2. The largest absolute Gasteiger partial charge is 0.483 e. The number of carbonyl (C=O) groups excluding carboxylic acids is 2. The maximum absolute atomic E-state index is 13.3. The molecule has 0 saturated carbocycles. The van der Waals surface area contributed by atoms with Crippen molar-refractivity contribution in [2.45, 2.75) is 68.2 Å². The SMILES string of the molecule is CCCCC1(CCCC)CSc2cc(OCC(=O)NC(C(=O)NCCP(C)(=O)O)c3ccccc3)c(SC)cc2N(c2ccccc2)C1. The van der Waals surface area contributed by atoms with Crippen molar-refractivity contribution in [2.24, 2.45) is 5.41 Å². The van der Waals surface area contributed by atoms with Crippen LogP contribution in [0, 0.1) is 5.41 Å². The Balaban J connectivity index is 1.57. The zero-order valence-corrected chi connectivity index (χ0v) is 31.1. The number of nitrogens with zero attached hydrogens (tertiary/aromatic N) is 1. The van der Waals surface area contributed by atoms with Crippen molar-refractivity contribution in [1.29, 1.82) is 0 Å². The van der Waals surface area contributed by atoms with Crippen LogP contribution in [0.3, 0.4) is 0 Å². The van der Waals surface area contributed by atoms with Gasteiger partial charge in [0.1, 0.15) is 11.8 Å². The molecule has 0 aliphatic carbocycles. The molecule has 8 nitrogen and oxygen atoms in total. The molecule has 0 radical (unpaired) electrons. The maximum atomic E-state index is 13.3. The Hall–Kier alpha value is -2.91. The predicted molar refractivity (Wildman–Crippen MR) is 200 cm³/mol. The summed E-state index contributed by atoms with van der Waals surface area (Å²) in [6.45, 7) is 6.49. The monoisotopic (exact) mass is 711 g/mol. The van der Waals surface area contributed by atoms with Crippen LogP contribution < -0.4 is 20.3 Å². The number of rotatable bonds is 17. The topological polar surface area (TPSA) is 108 Å². The number of carbonyl (C=O) groups is 2. The van der Waals surface area contributed by atoms with Crippen LogP contribution in [0.5, 0.6) is 5.75 Å². The van der Waals surface area contributed by atoms with Crippen LogP contribution in [0.15, 0.2) is 82.6 Å². The molecule has 11 heteroatoms. The second kappa shape index (κ2) is 18.2. The molecule has 2 atom stereocenters. The van der Waals surface area contributed by atoms with Crippen molar-refractivity contribution in [1.82, 2.24) is 10.6 Å². The standard InChI is InChI=1S/C37H50N3O5PS2/c1-5-7-19-37(20-8-6-2)26-40(29-17-13-10-14-18-29)30-23-33(47-4)31(24-32(30)48-27-37)45-25-34(41)39-35(28-15-11-9-12-16-28)36(42)38-21-22-46(3,43)44/h9-18,23-24,35H,5-8,19-22,25-27H2,1-4H3,(H,38,42)(H,39,41)(H,43,44). The Kier molecular flexibility index (Phi) is 14.4. The van der Waals surface area contributed by atoms with Gasteiger partial charge in [0, 0.05) is 42.3 Å². The first-order chi connectivity index (χ1) is 23.1. The fourth-order valence-electron chi connectivity index (χ4n) is 5.98. The van der Waals surface area contributed by atoms with Crippen LogP contribution in [0.1, 0.15) is 64.0 Å². The van der Waals surface area contributed by atoms with Gasteiger partial charge >= 0.3 is 0 Å². The Bertz CT molecular complexity index is 1530. The molecule has 1 aliphatic rings. The minimum Gasteiger partial charge on any atom is -0.483 e. The fraction of sp³-hybridized carbons (Fsp3) is 0.459. The molecule has 0 fully saturated rings. The van der Waals surface area contributed by atoms with E-state index in [4.69, 9.17) is 4.74 Å². The van der Waals surface area contributed by atoms with Gasteiger partial charge in [0.25, 0.3) is 5.91 Å². The highest BCUT2D eigenvalue weighted by Gasteiger charge is 2.36. The first kappa shape index (κ1) is 37.9. The van der Waals surface area contributed by atoms with Crippen LogP contribution in [0.25, 0.3) is 0 Å². The van der Waals surface area contributed by atoms with Gasteiger partial charge in [-0.05, 0) is 54.3 Å². The van der Waals surface area contributed by atoms with Gasteiger partial charge in [-0.25, -0.2) is 0 Å². The normalized spacial score (nSPS) is 15.8. The molecular formula is C37H50N3O5PS2. The van der Waals surface area contributed by atoms with Crippen LogP contribution >= 0.6 is 30.9 Å². The molecule has 0 aromatic heterocycles. The smallest absolute Gasteiger partial charge is 0.258 e. The molecule has 2 amide bonds. The van der Waals surface area contributed by atoms with Gasteiger partial charge in [0.15, 0.2) is 14.0 Å². The van der Waals surface area contributed by atoms with Crippen LogP contribution in [-0.4, -0.2) is 61.2 Å². The molecule has 1 aliphatic heterocycles. The Labute approximate surface area is 294 Å². The van der Waals surface area contributed by atoms with E-state index >= 15 is 0 Å². The van der Waals surface area contributed by atoms with Gasteiger partial charge in [-0.1, -0.05) is 88.1 Å². The highest BCUT2D eigenvalue weighted by Crippen LogP contribution is 2.50. The lowest BCUT2D eigenvalue weighted by Crippen LogP contribution is -2.42. The van der Waals surface area contributed by atoms with Gasteiger partial charge in [-0.2, -0.15) is 0 Å². The average molecular weight is 712 g/mol. The minimum atomic E-state index is -3.28. The number of para-hydroxylation sites is 1. The molecule has 3 N–H and O–H groups in total. The average Bonchev–Trinajstić information content (AvgIpc) is 3.24. The first-order valence-electron chi connectivity index (χ1n) is 16.8. The lowest BCUT2D eigenvalue weighted by atomic mass is 9.79. The summed E-state index contributed by atoms with van der Waals surface area (Å²) in [5, 5.41) is 5.50. The molecule has 260 valence electrons. The number of hydrogen-bond donors (Lipinski definition) is 3. The van der Waals surface area contributed by atoms with Crippen molar-refractivity contribution in [3.05, 3.63) is 78.4 Å². The number of fused-ring (bicyclic) bond motifs is 1. The number of anilines is 2. The van der Waals surface area contributed by atoms with Gasteiger partial charge in [-0.15, -0.1) is 23.5 Å². The van der Waals surface area contributed by atoms with E-state index < -0.39 is 25.2 Å². The van der Waals surface area contributed by atoms with Crippen molar-refractivity contribution < 1.29 is 23.8 Å². The van der Waals surface area contributed by atoms with E-state index in [1.54, 1.807) is 36.0 Å². The molecule has 0 saturated heterocycles. The highest BCUT2D eigenvalue weighted by molar-refractivity contribution is 7.99. The number of unbranched alkanes of at least 4 members (excludes halogenated alkanes) is 2. The van der Waals surface area contributed by atoms with Gasteiger partial charge < -0.3 is 25.2 Å². The van der Waals surface area contributed by atoms with Gasteiger partial charge in [-0.3, -0.25) is 14.2 Å².